The van der Waals surface area contributed by atoms with Crippen molar-refractivity contribution in [3.8, 4) is 0 Å². The van der Waals surface area contributed by atoms with E-state index < -0.39 is 0 Å². The van der Waals surface area contributed by atoms with Crippen molar-refractivity contribution >= 4 is 6.29 Å². The number of rotatable bonds is 5. The standard InChI is InChI=1S/C6H13NO.C3H8/c7-5-3-1-2-4-6-8;1-3-2/h6H,1-5,7H2;3H2,1-2H3. The predicted octanol–water partition coefficient (Wildman–Crippen LogP) is 2.12. The zero-order valence-corrected chi connectivity index (χ0v) is 7.81. The van der Waals surface area contributed by atoms with Crippen LogP contribution in [0.4, 0.5) is 0 Å². The van der Waals surface area contributed by atoms with E-state index in [0.29, 0.717) is 6.42 Å². The Morgan fingerprint density at radius 2 is 1.73 bits per heavy atom. The molecule has 68 valence electrons. The second-order valence-electron chi connectivity index (χ2n) is 2.51. The Morgan fingerprint density at radius 3 is 2.09 bits per heavy atom. The minimum Gasteiger partial charge on any atom is -0.330 e. The highest BCUT2D eigenvalue weighted by molar-refractivity contribution is 5.48. The number of carbonyl (C=O) groups excluding carboxylic acids is 1. The third-order valence-electron chi connectivity index (χ3n) is 1.03. The van der Waals surface area contributed by atoms with E-state index in [2.05, 4.69) is 13.8 Å². The first-order chi connectivity index (χ1) is 5.33. The van der Waals surface area contributed by atoms with Gasteiger partial charge in [-0.15, -0.1) is 0 Å². The van der Waals surface area contributed by atoms with Gasteiger partial charge in [-0.3, -0.25) is 0 Å². The third-order valence-corrected chi connectivity index (χ3v) is 1.03. The smallest absolute Gasteiger partial charge is 0.119 e. The van der Waals surface area contributed by atoms with E-state index in [4.69, 9.17) is 5.73 Å². The number of nitrogens with two attached hydrogens (primary N) is 1. The minimum absolute atomic E-state index is 0.694. The summed E-state index contributed by atoms with van der Waals surface area (Å²) in [5.74, 6) is 0. The summed E-state index contributed by atoms with van der Waals surface area (Å²) in [6.07, 6.45) is 6.04. The lowest BCUT2D eigenvalue weighted by molar-refractivity contribution is -0.107. The zero-order chi connectivity index (χ0) is 8.95. The van der Waals surface area contributed by atoms with Crippen LogP contribution in [0.25, 0.3) is 0 Å². The summed E-state index contributed by atoms with van der Waals surface area (Å²) in [4.78, 5) is 9.74. The van der Waals surface area contributed by atoms with Crippen LogP contribution in [0.15, 0.2) is 0 Å². The van der Waals surface area contributed by atoms with Gasteiger partial charge in [-0.1, -0.05) is 26.7 Å². The topological polar surface area (TPSA) is 43.1 Å². The lowest BCUT2D eigenvalue weighted by Crippen LogP contribution is -1.97. The molecule has 0 rings (SSSR count). The van der Waals surface area contributed by atoms with Crippen LogP contribution >= 0.6 is 0 Å². The maximum atomic E-state index is 9.74. The molecule has 0 aromatic rings. The molecule has 2 nitrogen and oxygen atoms in total. The fourth-order valence-electron chi connectivity index (χ4n) is 0.549. The largest absolute Gasteiger partial charge is 0.330 e. The van der Waals surface area contributed by atoms with Gasteiger partial charge in [-0.05, 0) is 19.4 Å². The molecule has 0 radical (unpaired) electrons. The summed E-state index contributed by atoms with van der Waals surface area (Å²) >= 11 is 0. The predicted molar refractivity (Wildman–Crippen MR) is 49.6 cm³/mol. The summed E-state index contributed by atoms with van der Waals surface area (Å²) in [5, 5.41) is 0. The van der Waals surface area contributed by atoms with Crippen LogP contribution in [0.2, 0.25) is 0 Å². The van der Waals surface area contributed by atoms with Crippen LogP contribution in [0.1, 0.15) is 46.0 Å². The number of hydrogen-bond acceptors (Lipinski definition) is 2. The third kappa shape index (κ3) is 26.2. The van der Waals surface area contributed by atoms with Crippen molar-refractivity contribution in [3.05, 3.63) is 0 Å². The van der Waals surface area contributed by atoms with Gasteiger partial charge < -0.3 is 10.5 Å². The van der Waals surface area contributed by atoms with Gasteiger partial charge in [0.15, 0.2) is 0 Å². The second kappa shape index (κ2) is 16.3. The van der Waals surface area contributed by atoms with Crippen molar-refractivity contribution in [1.82, 2.24) is 0 Å². The van der Waals surface area contributed by atoms with Gasteiger partial charge in [0.2, 0.25) is 0 Å². The summed E-state index contributed by atoms with van der Waals surface area (Å²) in [6.45, 7) is 5.00. The average molecular weight is 159 g/mol. The molecule has 0 heterocycles. The Kier molecular flexibility index (Phi) is 19.6. The van der Waals surface area contributed by atoms with Crippen LogP contribution in [0.3, 0.4) is 0 Å². The van der Waals surface area contributed by atoms with E-state index in [1.54, 1.807) is 0 Å². The summed E-state index contributed by atoms with van der Waals surface area (Å²) < 4.78 is 0. The molecule has 0 saturated carbocycles. The molecule has 0 aliphatic carbocycles. The van der Waals surface area contributed by atoms with Gasteiger partial charge >= 0.3 is 0 Å². The van der Waals surface area contributed by atoms with E-state index in [1.165, 1.54) is 6.42 Å². The fraction of sp³-hybridized carbons (Fsp3) is 0.889. The average Bonchev–Trinajstić information content (AvgIpc) is 2.00. The van der Waals surface area contributed by atoms with Gasteiger partial charge in [0, 0.05) is 6.42 Å². The molecule has 0 atom stereocenters. The van der Waals surface area contributed by atoms with Crippen LogP contribution in [0.5, 0.6) is 0 Å². The van der Waals surface area contributed by atoms with E-state index in [0.717, 1.165) is 32.1 Å². The first-order valence-electron chi connectivity index (χ1n) is 4.47. The maximum absolute atomic E-state index is 9.74. The molecule has 0 aliphatic heterocycles. The van der Waals surface area contributed by atoms with E-state index in [9.17, 15) is 4.79 Å². The van der Waals surface area contributed by atoms with Crippen LogP contribution in [0, 0.1) is 0 Å². The highest BCUT2D eigenvalue weighted by Gasteiger charge is 1.83. The SMILES string of the molecule is CCC.NCCCCCC=O. The van der Waals surface area contributed by atoms with E-state index in [1.807, 2.05) is 0 Å². The Bertz CT molecular complexity index is 64.6. The molecular weight excluding hydrogens is 138 g/mol. The monoisotopic (exact) mass is 159 g/mol. The summed E-state index contributed by atoms with van der Waals surface area (Å²) in [5.41, 5.74) is 5.22. The number of aldehydes is 1. The maximum Gasteiger partial charge on any atom is 0.119 e. The summed E-state index contributed by atoms with van der Waals surface area (Å²) in [6, 6.07) is 0. The number of carbonyl (C=O) groups is 1. The van der Waals surface area contributed by atoms with E-state index >= 15 is 0 Å². The quantitative estimate of drug-likeness (QED) is 0.493. The molecule has 0 unspecified atom stereocenters. The van der Waals surface area contributed by atoms with Crippen molar-refractivity contribution in [1.29, 1.82) is 0 Å². The van der Waals surface area contributed by atoms with Crippen molar-refractivity contribution in [3.63, 3.8) is 0 Å². The Labute approximate surface area is 70.2 Å². The summed E-state index contributed by atoms with van der Waals surface area (Å²) in [7, 11) is 0. The zero-order valence-electron chi connectivity index (χ0n) is 7.81. The molecule has 2 heteroatoms. The first kappa shape index (κ1) is 13.2. The number of unbranched alkanes of at least 4 members (excludes halogenated alkanes) is 3. The van der Waals surface area contributed by atoms with Crippen LogP contribution < -0.4 is 5.73 Å². The molecule has 0 amide bonds. The van der Waals surface area contributed by atoms with Gasteiger partial charge in [0.25, 0.3) is 0 Å². The molecule has 0 fully saturated rings. The van der Waals surface area contributed by atoms with Gasteiger partial charge in [-0.25, -0.2) is 0 Å². The highest BCUT2D eigenvalue weighted by atomic mass is 16.1. The molecule has 0 aromatic carbocycles. The lowest BCUT2D eigenvalue weighted by atomic mass is 10.2. The molecule has 0 saturated heterocycles. The molecule has 2 N–H and O–H groups in total. The van der Waals surface area contributed by atoms with Crippen LogP contribution in [-0.4, -0.2) is 12.8 Å². The first-order valence-corrected chi connectivity index (χ1v) is 4.47. The van der Waals surface area contributed by atoms with Crippen LogP contribution in [-0.2, 0) is 4.79 Å². The van der Waals surface area contributed by atoms with Gasteiger partial charge in [0.1, 0.15) is 6.29 Å². The Balaban J connectivity index is 0. The second-order valence-corrected chi connectivity index (χ2v) is 2.51. The van der Waals surface area contributed by atoms with Crippen molar-refractivity contribution in [2.75, 3.05) is 6.54 Å². The van der Waals surface area contributed by atoms with E-state index in [-0.39, 0.29) is 0 Å². The molecule has 11 heavy (non-hydrogen) atoms. The molecule has 0 aliphatic rings. The molecule has 0 aromatic heterocycles. The van der Waals surface area contributed by atoms with Gasteiger partial charge in [0.05, 0.1) is 0 Å². The Morgan fingerprint density at radius 1 is 1.18 bits per heavy atom. The number of hydrogen-bond donors (Lipinski definition) is 1. The van der Waals surface area contributed by atoms with Crippen molar-refractivity contribution < 1.29 is 4.79 Å². The molecule has 0 bridgehead atoms. The van der Waals surface area contributed by atoms with Crippen molar-refractivity contribution in [2.45, 2.75) is 46.0 Å². The lowest BCUT2D eigenvalue weighted by Gasteiger charge is -1.90. The normalized spacial score (nSPS) is 8.27. The molecular formula is C9H21NO. The van der Waals surface area contributed by atoms with Gasteiger partial charge in [-0.2, -0.15) is 0 Å². The Hall–Kier alpha value is -0.370. The van der Waals surface area contributed by atoms with Crippen molar-refractivity contribution in [2.24, 2.45) is 5.73 Å². The highest BCUT2D eigenvalue weighted by Crippen LogP contribution is 1.94. The molecule has 0 spiro atoms. The minimum atomic E-state index is 0.694. The fourth-order valence-corrected chi connectivity index (χ4v) is 0.549.